The second kappa shape index (κ2) is 5.48. The Bertz CT molecular complexity index is 811. The number of thiophene rings is 1. The third-order valence-electron chi connectivity index (χ3n) is 2.69. The van der Waals surface area contributed by atoms with Crippen molar-refractivity contribution in [2.75, 3.05) is 0 Å². The lowest BCUT2D eigenvalue weighted by atomic mass is 10.1. The van der Waals surface area contributed by atoms with Gasteiger partial charge in [0.25, 0.3) is 5.89 Å². The van der Waals surface area contributed by atoms with E-state index in [4.69, 9.17) is 32.7 Å². The maximum atomic E-state index is 10.8. The molecule has 0 amide bonds. The Morgan fingerprint density at radius 1 is 1.14 bits per heavy atom. The van der Waals surface area contributed by atoms with Gasteiger partial charge in [0.1, 0.15) is 4.34 Å². The first-order valence-corrected chi connectivity index (χ1v) is 7.24. The first-order valence-electron chi connectivity index (χ1n) is 5.67. The molecule has 106 valence electrons. The Balaban J connectivity index is 1.94. The highest BCUT2D eigenvalue weighted by Crippen LogP contribution is 2.38. The number of carboxylic acids is 1. The van der Waals surface area contributed by atoms with Crippen molar-refractivity contribution in [3.05, 3.63) is 44.6 Å². The van der Waals surface area contributed by atoms with Gasteiger partial charge >= 0.3 is 5.97 Å². The Morgan fingerprint density at radius 2 is 1.81 bits per heavy atom. The number of aromatic nitrogens is 2. The smallest absolute Gasteiger partial charge is 0.335 e. The van der Waals surface area contributed by atoms with Crippen molar-refractivity contribution in [1.82, 2.24) is 10.2 Å². The number of hydrogen-bond donors (Lipinski definition) is 1. The molecule has 3 aromatic rings. The van der Waals surface area contributed by atoms with Gasteiger partial charge in [0.2, 0.25) is 5.89 Å². The van der Waals surface area contributed by atoms with Crippen molar-refractivity contribution in [1.29, 1.82) is 0 Å². The molecule has 0 aliphatic rings. The second-order valence-corrected chi connectivity index (χ2v) is 6.32. The normalized spacial score (nSPS) is 10.8. The van der Waals surface area contributed by atoms with Crippen LogP contribution in [-0.4, -0.2) is 21.3 Å². The van der Waals surface area contributed by atoms with Gasteiger partial charge in [-0.1, -0.05) is 23.2 Å². The summed E-state index contributed by atoms with van der Waals surface area (Å²) in [4.78, 5) is 10.8. The van der Waals surface area contributed by atoms with E-state index in [1.54, 1.807) is 18.2 Å². The predicted octanol–water partition coefficient (Wildman–Crippen LogP) is 4.47. The number of nitrogens with zero attached hydrogens (tertiary/aromatic N) is 2. The quantitative estimate of drug-likeness (QED) is 0.761. The molecular formula is C13H6Cl2N2O3S. The molecule has 0 atom stereocenters. The van der Waals surface area contributed by atoms with Crippen LogP contribution in [0.25, 0.3) is 22.9 Å². The molecule has 2 aromatic heterocycles. The number of halogens is 2. The van der Waals surface area contributed by atoms with Crippen LogP contribution in [0.15, 0.2) is 34.7 Å². The third-order valence-corrected chi connectivity index (χ3v) is 4.18. The standard InChI is InChI=1S/C13H6Cl2N2O3S/c14-9-5-8(10(15)21-9)12-17-16-11(20-12)6-1-3-7(4-2-6)13(18)19/h1-5H,(H,18,19). The zero-order valence-corrected chi connectivity index (χ0v) is 12.5. The molecular weight excluding hydrogens is 335 g/mol. The molecule has 0 saturated carbocycles. The van der Waals surface area contributed by atoms with Crippen LogP contribution in [0.2, 0.25) is 8.67 Å². The van der Waals surface area contributed by atoms with Gasteiger partial charge in [0.05, 0.1) is 15.5 Å². The molecule has 0 unspecified atom stereocenters. The molecule has 8 heteroatoms. The summed E-state index contributed by atoms with van der Waals surface area (Å²) in [6.07, 6.45) is 0. The number of carbonyl (C=O) groups is 1. The van der Waals surface area contributed by atoms with E-state index in [1.165, 1.54) is 23.5 Å². The van der Waals surface area contributed by atoms with Gasteiger partial charge in [0, 0.05) is 5.56 Å². The average molecular weight is 341 g/mol. The van der Waals surface area contributed by atoms with Gasteiger partial charge < -0.3 is 9.52 Å². The maximum Gasteiger partial charge on any atom is 0.335 e. The zero-order valence-electron chi connectivity index (χ0n) is 10.2. The van der Waals surface area contributed by atoms with Crippen LogP contribution < -0.4 is 0 Å². The second-order valence-electron chi connectivity index (χ2n) is 4.03. The Labute approximate surface area is 132 Å². The summed E-state index contributed by atoms with van der Waals surface area (Å²) in [5.41, 5.74) is 1.38. The monoisotopic (exact) mass is 340 g/mol. The minimum atomic E-state index is -0.993. The minimum Gasteiger partial charge on any atom is -0.478 e. The van der Waals surface area contributed by atoms with Gasteiger partial charge in [-0.2, -0.15) is 0 Å². The van der Waals surface area contributed by atoms with Crippen molar-refractivity contribution < 1.29 is 14.3 Å². The predicted molar refractivity (Wildman–Crippen MR) is 80.0 cm³/mol. The van der Waals surface area contributed by atoms with Gasteiger partial charge in [-0.3, -0.25) is 0 Å². The molecule has 21 heavy (non-hydrogen) atoms. The third kappa shape index (κ3) is 2.78. The van der Waals surface area contributed by atoms with Crippen LogP contribution in [0.5, 0.6) is 0 Å². The summed E-state index contributed by atoms with van der Waals surface area (Å²) in [7, 11) is 0. The van der Waals surface area contributed by atoms with E-state index in [9.17, 15) is 4.79 Å². The fraction of sp³-hybridized carbons (Fsp3) is 0. The molecule has 0 aliphatic carbocycles. The first kappa shape index (κ1) is 14.1. The van der Waals surface area contributed by atoms with E-state index in [2.05, 4.69) is 10.2 Å². The molecule has 2 heterocycles. The lowest BCUT2D eigenvalue weighted by Gasteiger charge is -1.96. The molecule has 1 N–H and O–H groups in total. The molecule has 0 aliphatic heterocycles. The molecule has 0 saturated heterocycles. The van der Waals surface area contributed by atoms with Crippen molar-refractivity contribution >= 4 is 40.5 Å². The molecule has 0 radical (unpaired) electrons. The van der Waals surface area contributed by atoms with E-state index in [-0.39, 0.29) is 17.3 Å². The Kier molecular flexibility index (Phi) is 3.67. The van der Waals surface area contributed by atoms with Gasteiger partial charge in [-0.25, -0.2) is 4.79 Å². The summed E-state index contributed by atoms with van der Waals surface area (Å²) < 4.78 is 6.54. The van der Waals surface area contributed by atoms with E-state index in [0.29, 0.717) is 19.8 Å². The first-order chi connectivity index (χ1) is 10.0. The summed E-state index contributed by atoms with van der Waals surface area (Å²) in [5.74, 6) is -0.451. The lowest BCUT2D eigenvalue weighted by Crippen LogP contribution is -1.94. The molecule has 3 rings (SSSR count). The highest BCUT2D eigenvalue weighted by Gasteiger charge is 2.16. The van der Waals surface area contributed by atoms with E-state index >= 15 is 0 Å². The largest absolute Gasteiger partial charge is 0.478 e. The summed E-state index contributed by atoms with van der Waals surface area (Å²) >= 11 is 13.1. The zero-order chi connectivity index (χ0) is 15.0. The van der Waals surface area contributed by atoms with Crippen LogP contribution in [0.3, 0.4) is 0 Å². The number of benzene rings is 1. The van der Waals surface area contributed by atoms with Crippen LogP contribution in [0, 0.1) is 0 Å². The Morgan fingerprint density at radius 3 is 2.38 bits per heavy atom. The number of aromatic carboxylic acids is 1. The van der Waals surface area contributed by atoms with Crippen LogP contribution in [-0.2, 0) is 0 Å². The molecule has 1 aromatic carbocycles. The number of rotatable bonds is 3. The van der Waals surface area contributed by atoms with Crippen LogP contribution in [0.4, 0.5) is 0 Å². The molecule has 5 nitrogen and oxygen atoms in total. The number of carboxylic acid groups (broad SMARTS) is 1. The fourth-order valence-corrected chi connectivity index (χ4v) is 3.14. The van der Waals surface area contributed by atoms with E-state index in [1.807, 2.05) is 0 Å². The van der Waals surface area contributed by atoms with E-state index < -0.39 is 5.97 Å². The van der Waals surface area contributed by atoms with Gasteiger partial charge in [-0.15, -0.1) is 21.5 Å². The van der Waals surface area contributed by atoms with Crippen LogP contribution >= 0.6 is 34.5 Å². The topological polar surface area (TPSA) is 76.2 Å². The van der Waals surface area contributed by atoms with Crippen molar-refractivity contribution in [3.8, 4) is 22.9 Å². The fourth-order valence-electron chi connectivity index (χ4n) is 1.69. The Hall–Kier alpha value is -1.89. The van der Waals surface area contributed by atoms with Crippen molar-refractivity contribution in [3.63, 3.8) is 0 Å². The van der Waals surface area contributed by atoms with Gasteiger partial charge in [0.15, 0.2) is 0 Å². The summed E-state index contributed by atoms with van der Waals surface area (Å²) in [6.45, 7) is 0. The minimum absolute atomic E-state index is 0.186. The van der Waals surface area contributed by atoms with Gasteiger partial charge in [-0.05, 0) is 30.3 Å². The highest BCUT2D eigenvalue weighted by molar-refractivity contribution is 7.20. The molecule has 0 bridgehead atoms. The average Bonchev–Trinajstić information content (AvgIpc) is 3.05. The van der Waals surface area contributed by atoms with Crippen molar-refractivity contribution in [2.45, 2.75) is 0 Å². The SMILES string of the molecule is O=C(O)c1ccc(-c2nnc(-c3cc(Cl)sc3Cl)o2)cc1. The lowest BCUT2D eigenvalue weighted by molar-refractivity contribution is 0.0697. The summed E-state index contributed by atoms with van der Waals surface area (Å²) in [5, 5.41) is 16.7. The maximum absolute atomic E-state index is 10.8. The molecule has 0 spiro atoms. The number of hydrogen-bond acceptors (Lipinski definition) is 5. The van der Waals surface area contributed by atoms with Crippen molar-refractivity contribution in [2.24, 2.45) is 0 Å². The highest BCUT2D eigenvalue weighted by atomic mass is 35.5. The molecule has 0 fully saturated rings. The van der Waals surface area contributed by atoms with E-state index in [0.717, 1.165) is 0 Å². The summed E-state index contributed by atoms with van der Waals surface area (Å²) in [6, 6.07) is 7.79. The van der Waals surface area contributed by atoms with Crippen LogP contribution in [0.1, 0.15) is 10.4 Å².